The smallest absolute Gasteiger partial charge is 0.325 e. The van der Waals surface area contributed by atoms with Crippen molar-refractivity contribution in [3.8, 4) is 0 Å². The van der Waals surface area contributed by atoms with Crippen molar-refractivity contribution in [1.29, 1.82) is 0 Å². The van der Waals surface area contributed by atoms with E-state index in [4.69, 9.17) is 5.73 Å². The Morgan fingerprint density at radius 3 is 2.95 bits per heavy atom. The molecule has 2 unspecified atom stereocenters. The topological polar surface area (TPSA) is 52.3 Å². The molecule has 0 spiro atoms. The lowest BCUT2D eigenvalue weighted by Crippen LogP contribution is -2.46. The molecule has 1 aliphatic rings. The van der Waals surface area contributed by atoms with E-state index in [1.807, 2.05) is 0 Å². The first-order chi connectivity index (χ1) is 8.94. The van der Waals surface area contributed by atoms with Crippen molar-refractivity contribution in [2.24, 2.45) is 5.73 Å². The summed E-state index contributed by atoms with van der Waals surface area (Å²) in [4.78, 5) is 11.8. The monoisotopic (exact) mass is 287 g/mol. The number of carbonyl (C=O) groups excluding carboxylic acids is 1. The maximum atomic E-state index is 13.5. The van der Waals surface area contributed by atoms with E-state index in [0.717, 1.165) is 18.2 Å². The number of halogens is 2. The molecule has 19 heavy (non-hydrogen) atoms. The van der Waals surface area contributed by atoms with Crippen molar-refractivity contribution in [2.45, 2.75) is 34.9 Å². The van der Waals surface area contributed by atoms with Crippen LogP contribution in [0.2, 0.25) is 0 Å². The van der Waals surface area contributed by atoms with Gasteiger partial charge in [-0.1, -0.05) is 0 Å². The van der Waals surface area contributed by atoms with Crippen molar-refractivity contribution in [2.75, 3.05) is 7.11 Å². The lowest BCUT2D eigenvalue weighted by atomic mass is 10.00. The van der Waals surface area contributed by atoms with E-state index in [9.17, 15) is 13.6 Å². The highest BCUT2D eigenvalue weighted by molar-refractivity contribution is 8.00. The second-order valence-corrected chi connectivity index (χ2v) is 6.05. The second-order valence-electron chi connectivity index (χ2n) is 4.71. The lowest BCUT2D eigenvalue weighted by Gasteiger charge is -2.20. The second kappa shape index (κ2) is 5.46. The minimum Gasteiger partial charge on any atom is -0.468 e. The number of hydrogen-bond acceptors (Lipinski definition) is 4. The van der Waals surface area contributed by atoms with Crippen molar-refractivity contribution in [1.82, 2.24) is 0 Å². The largest absolute Gasteiger partial charge is 0.468 e. The molecule has 104 valence electrons. The highest BCUT2D eigenvalue weighted by atomic mass is 32.2. The minimum atomic E-state index is -1.00. The molecule has 0 aromatic heterocycles. The van der Waals surface area contributed by atoms with Gasteiger partial charge in [-0.15, -0.1) is 11.8 Å². The number of nitrogens with two attached hydrogens (primary N) is 1. The molecule has 0 radical (unpaired) electrons. The van der Waals surface area contributed by atoms with Gasteiger partial charge in [-0.25, -0.2) is 8.78 Å². The molecule has 0 saturated heterocycles. The van der Waals surface area contributed by atoms with E-state index in [2.05, 4.69) is 4.74 Å². The van der Waals surface area contributed by atoms with Crippen LogP contribution in [0.4, 0.5) is 8.78 Å². The van der Waals surface area contributed by atoms with Crippen molar-refractivity contribution < 1.29 is 18.3 Å². The van der Waals surface area contributed by atoms with Crippen LogP contribution in [0.5, 0.6) is 0 Å². The quantitative estimate of drug-likeness (QED) is 0.868. The summed E-state index contributed by atoms with van der Waals surface area (Å²) in [5.74, 6) is -1.39. The molecule has 0 aliphatic heterocycles. The summed E-state index contributed by atoms with van der Waals surface area (Å²) in [5, 5.41) is -0.0135. The zero-order chi connectivity index (χ0) is 14.0. The number of benzene rings is 1. The fourth-order valence-electron chi connectivity index (χ4n) is 2.27. The molecule has 2 N–H and O–H groups in total. The first-order valence-corrected chi connectivity index (χ1v) is 6.81. The van der Waals surface area contributed by atoms with Crippen LogP contribution in [0.25, 0.3) is 0 Å². The average Bonchev–Trinajstić information content (AvgIpc) is 2.76. The molecule has 0 bridgehead atoms. The van der Waals surface area contributed by atoms with E-state index in [0.29, 0.717) is 19.3 Å². The number of esters is 1. The van der Waals surface area contributed by atoms with Crippen LogP contribution in [0.1, 0.15) is 19.3 Å². The summed E-state index contributed by atoms with van der Waals surface area (Å²) in [6, 6.07) is 3.34. The Kier molecular flexibility index (Phi) is 4.10. The highest BCUT2D eigenvalue weighted by Gasteiger charge is 2.43. The molecule has 1 aromatic rings. The van der Waals surface area contributed by atoms with Crippen LogP contribution in [0, 0.1) is 11.6 Å². The normalized spacial score (nSPS) is 26.4. The summed E-state index contributed by atoms with van der Waals surface area (Å²) < 4.78 is 31.3. The Labute approximate surface area is 114 Å². The molecule has 1 fully saturated rings. The van der Waals surface area contributed by atoms with Crippen molar-refractivity contribution in [3.05, 3.63) is 29.8 Å². The number of ether oxygens (including phenoxy) is 1. The number of rotatable bonds is 3. The summed E-state index contributed by atoms with van der Waals surface area (Å²) in [6.07, 6.45) is 1.57. The van der Waals surface area contributed by atoms with E-state index >= 15 is 0 Å². The molecular formula is C13H15F2NO2S. The molecule has 2 rings (SSSR count). The van der Waals surface area contributed by atoms with Gasteiger partial charge in [0.2, 0.25) is 0 Å². The molecule has 0 amide bonds. The number of thioether (sulfide) groups is 1. The van der Waals surface area contributed by atoms with Crippen LogP contribution in [-0.4, -0.2) is 23.9 Å². The Bertz CT molecular complexity index is 498. The van der Waals surface area contributed by atoms with Gasteiger partial charge in [-0.3, -0.25) is 4.79 Å². The molecule has 1 aliphatic carbocycles. The third kappa shape index (κ3) is 3.06. The lowest BCUT2D eigenvalue weighted by molar-refractivity contribution is -0.146. The van der Waals surface area contributed by atoms with E-state index in [1.54, 1.807) is 0 Å². The van der Waals surface area contributed by atoms with Gasteiger partial charge in [-0.05, 0) is 37.5 Å². The van der Waals surface area contributed by atoms with Crippen molar-refractivity contribution >= 4 is 17.7 Å². The summed E-state index contributed by atoms with van der Waals surface area (Å²) in [5.41, 5.74) is 4.97. The Morgan fingerprint density at radius 2 is 2.26 bits per heavy atom. The van der Waals surface area contributed by atoms with E-state index in [-0.39, 0.29) is 10.1 Å². The fourth-order valence-corrected chi connectivity index (χ4v) is 3.60. The standard InChI is InChI=1S/C13H15F2NO2S/c1-18-12(17)13(16)5-4-9(7-13)19-11-6-8(14)2-3-10(11)15/h2-3,6,9H,4-5,7,16H2,1H3. The van der Waals surface area contributed by atoms with Crippen molar-refractivity contribution in [3.63, 3.8) is 0 Å². The SMILES string of the molecule is COC(=O)C1(N)CCC(Sc2cc(F)ccc2F)C1. The van der Waals surface area contributed by atoms with E-state index in [1.165, 1.54) is 18.9 Å². The first-order valence-electron chi connectivity index (χ1n) is 5.93. The molecule has 1 saturated carbocycles. The summed E-state index contributed by atoms with van der Waals surface area (Å²) >= 11 is 1.22. The van der Waals surface area contributed by atoms with Crippen LogP contribution in [-0.2, 0) is 9.53 Å². The van der Waals surface area contributed by atoms with Crippen LogP contribution in [0.15, 0.2) is 23.1 Å². The van der Waals surface area contributed by atoms with Gasteiger partial charge in [0.1, 0.15) is 17.2 Å². The Hall–Kier alpha value is -1.14. The third-order valence-electron chi connectivity index (χ3n) is 3.28. The number of carbonyl (C=O) groups is 1. The zero-order valence-corrected chi connectivity index (χ0v) is 11.3. The van der Waals surface area contributed by atoms with Gasteiger partial charge in [0.15, 0.2) is 0 Å². The maximum Gasteiger partial charge on any atom is 0.325 e. The molecule has 0 heterocycles. The number of methoxy groups -OCH3 is 1. The Balaban J connectivity index is 2.06. The molecule has 1 aromatic carbocycles. The summed E-state index contributed by atoms with van der Waals surface area (Å²) in [6.45, 7) is 0. The average molecular weight is 287 g/mol. The molecule has 6 heteroatoms. The first kappa shape index (κ1) is 14.3. The number of hydrogen-bond donors (Lipinski definition) is 1. The van der Waals surface area contributed by atoms with Crippen LogP contribution in [0.3, 0.4) is 0 Å². The van der Waals surface area contributed by atoms with Crippen LogP contribution < -0.4 is 5.73 Å². The predicted octanol–water partition coefficient (Wildman–Crippen LogP) is 2.48. The van der Waals surface area contributed by atoms with Gasteiger partial charge in [0, 0.05) is 10.1 Å². The van der Waals surface area contributed by atoms with Gasteiger partial charge < -0.3 is 10.5 Å². The molecular weight excluding hydrogens is 272 g/mol. The van der Waals surface area contributed by atoms with Gasteiger partial charge in [-0.2, -0.15) is 0 Å². The highest BCUT2D eigenvalue weighted by Crippen LogP contribution is 2.40. The van der Waals surface area contributed by atoms with E-state index < -0.39 is 23.1 Å². The zero-order valence-electron chi connectivity index (χ0n) is 10.5. The molecule has 3 nitrogen and oxygen atoms in total. The van der Waals surface area contributed by atoms with Gasteiger partial charge in [0.05, 0.1) is 7.11 Å². The summed E-state index contributed by atoms with van der Waals surface area (Å²) in [7, 11) is 1.30. The minimum absolute atomic E-state index is 0.0135. The van der Waals surface area contributed by atoms with Gasteiger partial charge in [0.25, 0.3) is 0 Å². The maximum absolute atomic E-state index is 13.5. The fraction of sp³-hybridized carbons (Fsp3) is 0.462. The molecule has 2 atom stereocenters. The van der Waals surface area contributed by atoms with Crippen LogP contribution >= 0.6 is 11.8 Å². The van der Waals surface area contributed by atoms with Gasteiger partial charge >= 0.3 is 5.97 Å². The third-order valence-corrected chi connectivity index (χ3v) is 4.59. The Morgan fingerprint density at radius 1 is 1.53 bits per heavy atom. The predicted molar refractivity (Wildman–Crippen MR) is 68.8 cm³/mol.